The van der Waals surface area contributed by atoms with Crippen LogP contribution in [0.2, 0.25) is 0 Å². The van der Waals surface area contributed by atoms with E-state index < -0.39 is 11.9 Å². The fourth-order valence-corrected chi connectivity index (χ4v) is 4.44. The molecule has 2 bridgehead atoms. The third kappa shape index (κ3) is 3.25. The first-order valence-electron chi connectivity index (χ1n) is 9.31. The SMILES string of the molecule is C#C[C@H]1CCN1c1nc(N2C[C@H]3C[C@@H](C2)C3CC(=O)OC)cc(C(F)(F)F)n1. The summed E-state index contributed by atoms with van der Waals surface area (Å²) in [6.07, 6.45) is 2.94. The first-order chi connectivity index (χ1) is 13.3. The second kappa shape index (κ2) is 6.83. The molecule has 3 aliphatic heterocycles. The topological polar surface area (TPSA) is 58.6 Å². The second-order valence-electron chi connectivity index (χ2n) is 7.68. The van der Waals surface area contributed by atoms with E-state index in [4.69, 9.17) is 11.2 Å². The normalized spacial score (nSPS) is 28.8. The molecule has 4 atom stereocenters. The predicted molar refractivity (Wildman–Crippen MR) is 95.6 cm³/mol. The van der Waals surface area contributed by atoms with Crippen molar-refractivity contribution in [2.75, 3.05) is 36.5 Å². The smallest absolute Gasteiger partial charge is 0.433 e. The van der Waals surface area contributed by atoms with Crippen molar-refractivity contribution < 1.29 is 22.7 Å². The Morgan fingerprint density at radius 1 is 1.36 bits per heavy atom. The number of alkyl halides is 3. The van der Waals surface area contributed by atoms with Crippen molar-refractivity contribution in [1.29, 1.82) is 0 Å². The van der Waals surface area contributed by atoms with Gasteiger partial charge in [0.25, 0.3) is 0 Å². The van der Waals surface area contributed by atoms with Crippen molar-refractivity contribution in [1.82, 2.24) is 9.97 Å². The van der Waals surface area contributed by atoms with Gasteiger partial charge < -0.3 is 14.5 Å². The number of carbonyl (C=O) groups is 1. The highest BCUT2D eigenvalue weighted by molar-refractivity contribution is 5.69. The van der Waals surface area contributed by atoms with Crippen LogP contribution in [0.3, 0.4) is 0 Å². The minimum absolute atomic E-state index is 0.0318. The Morgan fingerprint density at radius 3 is 2.61 bits per heavy atom. The van der Waals surface area contributed by atoms with Crippen LogP contribution in [-0.2, 0) is 15.7 Å². The van der Waals surface area contributed by atoms with Crippen LogP contribution in [0, 0.1) is 30.1 Å². The molecule has 1 aromatic rings. The van der Waals surface area contributed by atoms with Crippen LogP contribution < -0.4 is 9.80 Å². The fourth-order valence-electron chi connectivity index (χ4n) is 4.44. The van der Waals surface area contributed by atoms with Crippen LogP contribution in [0.1, 0.15) is 25.0 Å². The standard InChI is InChI=1S/C19H21F3N4O2/c1-3-13-4-5-26(13)18-23-15(19(20,21)22)8-16(24-18)25-9-11-6-12(10-25)14(11)7-17(27)28-2/h1,8,11-14H,4-7,9-10H2,2H3/t11-,12+,13-,14?/m0/s1. The van der Waals surface area contributed by atoms with Gasteiger partial charge in [-0.05, 0) is 30.6 Å². The Morgan fingerprint density at radius 2 is 2.07 bits per heavy atom. The van der Waals surface area contributed by atoms with Crippen molar-refractivity contribution in [2.24, 2.45) is 17.8 Å². The van der Waals surface area contributed by atoms with Gasteiger partial charge in [0.1, 0.15) is 5.82 Å². The molecule has 0 spiro atoms. The molecule has 4 fully saturated rings. The van der Waals surface area contributed by atoms with E-state index in [9.17, 15) is 18.0 Å². The average Bonchev–Trinajstić information content (AvgIpc) is 2.64. The second-order valence-corrected chi connectivity index (χ2v) is 7.68. The Labute approximate surface area is 161 Å². The third-order valence-corrected chi connectivity index (χ3v) is 6.14. The van der Waals surface area contributed by atoms with Crippen molar-refractivity contribution in [3.63, 3.8) is 0 Å². The first-order valence-corrected chi connectivity index (χ1v) is 9.31. The van der Waals surface area contributed by atoms with Gasteiger partial charge in [-0.25, -0.2) is 4.98 Å². The zero-order valence-electron chi connectivity index (χ0n) is 15.4. The number of hydrogen-bond acceptors (Lipinski definition) is 6. The number of hydrogen-bond donors (Lipinski definition) is 0. The van der Waals surface area contributed by atoms with Crippen LogP contribution in [0.4, 0.5) is 24.9 Å². The molecular weight excluding hydrogens is 373 g/mol. The molecule has 3 saturated heterocycles. The highest BCUT2D eigenvalue weighted by atomic mass is 19.4. The molecule has 150 valence electrons. The number of rotatable bonds is 4. The maximum absolute atomic E-state index is 13.4. The van der Waals surface area contributed by atoms with E-state index in [1.54, 1.807) is 4.90 Å². The van der Waals surface area contributed by atoms with Gasteiger partial charge in [-0.1, -0.05) is 5.92 Å². The van der Waals surface area contributed by atoms with E-state index in [0.29, 0.717) is 32.5 Å². The van der Waals surface area contributed by atoms with E-state index in [1.807, 2.05) is 4.90 Å². The number of esters is 1. The highest BCUT2D eigenvalue weighted by Gasteiger charge is 2.48. The van der Waals surface area contributed by atoms with E-state index >= 15 is 0 Å². The Kier molecular flexibility index (Phi) is 4.60. The van der Waals surface area contributed by atoms with Crippen LogP contribution >= 0.6 is 0 Å². The summed E-state index contributed by atoms with van der Waals surface area (Å²) in [6.45, 7) is 1.69. The molecule has 28 heavy (non-hydrogen) atoms. The van der Waals surface area contributed by atoms with Gasteiger partial charge in [-0.2, -0.15) is 18.2 Å². The molecule has 0 radical (unpaired) electrons. The van der Waals surface area contributed by atoms with Crippen LogP contribution in [0.5, 0.6) is 0 Å². The van der Waals surface area contributed by atoms with Gasteiger partial charge in [0.15, 0.2) is 5.69 Å². The lowest BCUT2D eigenvalue weighted by molar-refractivity contribution is -0.145. The van der Waals surface area contributed by atoms with Crippen molar-refractivity contribution in [2.45, 2.75) is 31.5 Å². The first kappa shape index (κ1) is 18.8. The van der Waals surface area contributed by atoms with E-state index in [2.05, 4.69) is 15.9 Å². The zero-order valence-corrected chi connectivity index (χ0v) is 15.4. The van der Waals surface area contributed by atoms with Gasteiger partial charge in [-0.3, -0.25) is 4.79 Å². The number of terminal acetylenes is 1. The maximum atomic E-state index is 13.4. The summed E-state index contributed by atoms with van der Waals surface area (Å²) in [5.41, 5.74) is -0.958. The van der Waals surface area contributed by atoms with Crippen LogP contribution in [0.25, 0.3) is 0 Å². The molecule has 1 unspecified atom stereocenters. The Bertz CT molecular complexity index is 810. The van der Waals surface area contributed by atoms with Gasteiger partial charge in [0.05, 0.1) is 13.2 Å². The number of carbonyl (C=O) groups excluding carboxylic acids is 1. The number of aromatic nitrogens is 2. The number of methoxy groups -OCH3 is 1. The lowest BCUT2D eigenvalue weighted by Crippen LogP contribution is -2.56. The molecule has 4 aliphatic rings. The number of piperidine rings is 2. The summed E-state index contributed by atoms with van der Waals surface area (Å²) in [6, 6.07) is 0.740. The Balaban J connectivity index is 1.57. The molecular formula is C19H21F3N4O2. The molecule has 1 aliphatic carbocycles. The number of halogens is 3. The fraction of sp³-hybridized carbons (Fsp3) is 0.632. The number of fused-ring (bicyclic) bond motifs is 2. The molecule has 0 aromatic carbocycles. The molecule has 1 aromatic heterocycles. The summed E-state index contributed by atoms with van der Waals surface area (Å²) in [5, 5.41) is 0. The summed E-state index contributed by atoms with van der Waals surface area (Å²) >= 11 is 0. The zero-order chi connectivity index (χ0) is 20.1. The van der Waals surface area contributed by atoms with E-state index in [-0.39, 0.29) is 41.5 Å². The summed E-state index contributed by atoms with van der Waals surface area (Å²) in [5.74, 6) is 3.36. The predicted octanol–water partition coefficient (Wildman–Crippen LogP) is 2.34. The lowest BCUT2D eigenvalue weighted by atomic mass is 9.60. The van der Waals surface area contributed by atoms with Gasteiger partial charge in [-0.15, -0.1) is 6.42 Å². The number of ether oxygens (including phenoxy) is 1. The summed E-state index contributed by atoms with van der Waals surface area (Å²) < 4.78 is 44.9. The molecule has 4 heterocycles. The average molecular weight is 394 g/mol. The monoisotopic (exact) mass is 394 g/mol. The molecule has 0 amide bonds. The summed E-state index contributed by atoms with van der Waals surface area (Å²) in [7, 11) is 1.36. The largest absolute Gasteiger partial charge is 0.469 e. The molecule has 6 nitrogen and oxygen atoms in total. The van der Waals surface area contributed by atoms with Crippen molar-refractivity contribution >= 4 is 17.7 Å². The van der Waals surface area contributed by atoms with Gasteiger partial charge in [0.2, 0.25) is 5.95 Å². The third-order valence-electron chi connectivity index (χ3n) is 6.14. The van der Waals surface area contributed by atoms with Gasteiger partial charge >= 0.3 is 12.1 Å². The Hall–Kier alpha value is -2.50. The highest BCUT2D eigenvalue weighted by Crippen LogP contribution is 2.48. The molecule has 9 heteroatoms. The van der Waals surface area contributed by atoms with Crippen LogP contribution in [-0.4, -0.2) is 48.7 Å². The number of anilines is 2. The number of nitrogens with zero attached hydrogens (tertiary/aromatic N) is 4. The molecule has 1 saturated carbocycles. The quantitative estimate of drug-likeness (QED) is 0.577. The summed E-state index contributed by atoms with van der Waals surface area (Å²) in [4.78, 5) is 23.2. The van der Waals surface area contributed by atoms with Crippen molar-refractivity contribution in [3.05, 3.63) is 11.8 Å². The lowest BCUT2D eigenvalue weighted by Gasteiger charge is -2.54. The van der Waals surface area contributed by atoms with Crippen molar-refractivity contribution in [3.8, 4) is 12.3 Å². The van der Waals surface area contributed by atoms with Gasteiger partial charge in [0, 0.05) is 32.1 Å². The van der Waals surface area contributed by atoms with E-state index in [1.165, 1.54) is 7.11 Å². The maximum Gasteiger partial charge on any atom is 0.433 e. The van der Waals surface area contributed by atoms with E-state index in [0.717, 1.165) is 12.5 Å². The molecule has 0 N–H and O–H groups in total. The molecule has 5 rings (SSSR count). The minimum Gasteiger partial charge on any atom is -0.469 e. The van der Waals surface area contributed by atoms with Crippen LogP contribution in [0.15, 0.2) is 6.07 Å². The minimum atomic E-state index is -4.56.